The van der Waals surface area contributed by atoms with E-state index in [9.17, 15) is 0 Å². The maximum absolute atomic E-state index is 15.0. The molecule has 1 atom stereocenters. The summed E-state index contributed by atoms with van der Waals surface area (Å²) in [6.07, 6.45) is 10.9. The summed E-state index contributed by atoms with van der Waals surface area (Å²) in [4.78, 5) is 0. The molecule has 0 saturated carbocycles. The smallest absolute Gasteiger partial charge is 0.131 e. The third-order valence-corrected chi connectivity index (χ3v) is 6.90. The molecule has 0 aromatic heterocycles. The van der Waals surface area contributed by atoms with Crippen molar-refractivity contribution in [2.45, 2.75) is 78.6 Å². The van der Waals surface area contributed by atoms with Crippen molar-refractivity contribution in [2.24, 2.45) is 5.92 Å². The van der Waals surface area contributed by atoms with Gasteiger partial charge in [-0.05, 0) is 72.2 Å². The van der Waals surface area contributed by atoms with E-state index >= 15 is 4.39 Å². The first-order chi connectivity index (χ1) is 17.6. The monoisotopic (exact) mass is 490 g/mol. The lowest BCUT2D eigenvalue weighted by atomic mass is 9.99. The van der Waals surface area contributed by atoms with E-state index in [4.69, 9.17) is 9.47 Å². The van der Waals surface area contributed by atoms with Gasteiger partial charge >= 0.3 is 0 Å². The van der Waals surface area contributed by atoms with E-state index in [1.54, 1.807) is 6.07 Å². The third kappa shape index (κ3) is 9.00. The second-order valence-electron chi connectivity index (χ2n) is 9.86. The second kappa shape index (κ2) is 15.3. The molecule has 3 aromatic carbocycles. The Bertz CT molecular complexity index is 1010. The largest absolute Gasteiger partial charge is 0.494 e. The summed E-state index contributed by atoms with van der Waals surface area (Å²) in [5.41, 5.74) is 3.29. The molecule has 2 nitrogen and oxygen atoms in total. The lowest BCUT2D eigenvalue weighted by Gasteiger charge is -2.11. The zero-order valence-corrected chi connectivity index (χ0v) is 22.4. The Morgan fingerprint density at radius 1 is 0.639 bits per heavy atom. The maximum atomic E-state index is 15.0. The number of hydrogen-bond acceptors (Lipinski definition) is 2. The van der Waals surface area contributed by atoms with Gasteiger partial charge in [-0.3, -0.25) is 0 Å². The van der Waals surface area contributed by atoms with E-state index in [2.05, 4.69) is 20.8 Å². The Kier molecular flexibility index (Phi) is 11.8. The van der Waals surface area contributed by atoms with Gasteiger partial charge in [0.1, 0.15) is 17.3 Å². The van der Waals surface area contributed by atoms with Crippen LogP contribution in [-0.4, -0.2) is 13.2 Å². The van der Waals surface area contributed by atoms with Crippen LogP contribution in [0, 0.1) is 11.7 Å². The van der Waals surface area contributed by atoms with Crippen LogP contribution in [0.1, 0.15) is 78.6 Å². The predicted molar refractivity (Wildman–Crippen MR) is 150 cm³/mol. The molecule has 0 bridgehead atoms. The minimum atomic E-state index is -0.224. The van der Waals surface area contributed by atoms with E-state index in [1.165, 1.54) is 44.9 Å². The highest BCUT2D eigenvalue weighted by atomic mass is 19.1. The SMILES string of the molecule is CCCCCCCCOc1ccc(-c2ccc(-c3ccc(OCCCC(C)CC)cc3)cc2F)cc1. The highest BCUT2D eigenvalue weighted by Gasteiger charge is 2.09. The van der Waals surface area contributed by atoms with Crippen LogP contribution in [0.15, 0.2) is 66.7 Å². The molecular weight excluding hydrogens is 447 g/mol. The average Bonchev–Trinajstić information content (AvgIpc) is 2.91. The fourth-order valence-electron chi connectivity index (χ4n) is 4.30. The van der Waals surface area contributed by atoms with E-state index in [1.807, 2.05) is 60.7 Å². The summed E-state index contributed by atoms with van der Waals surface area (Å²) in [6.45, 7) is 8.20. The van der Waals surface area contributed by atoms with Crippen LogP contribution < -0.4 is 9.47 Å². The first-order valence-corrected chi connectivity index (χ1v) is 13.9. The Morgan fingerprint density at radius 2 is 1.19 bits per heavy atom. The van der Waals surface area contributed by atoms with E-state index in [0.717, 1.165) is 60.2 Å². The molecule has 194 valence electrons. The molecule has 0 heterocycles. The fraction of sp³-hybridized carbons (Fsp3) is 0.455. The summed E-state index contributed by atoms with van der Waals surface area (Å²) in [6, 6.07) is 21.1. The molecule has 3 aromatic rings. The summed E-state index contributed by atoms with van der Waals surface area (Å²) in [5, 5.41) is 0. The lowest BCUT2D eigenvalue weighted by Crippen LogP contribution is -2.00. The molecule has 0 aliphatic carbocycles. The van der Waals surface area contributed by atoms with Gasteiger partial charge in [0.2, 0.25) is 0 Å². The van der Waals surface area contributed by atoms with Gasteiger partial charge in [-0.25, -0.2) is 4.39 Å². The summed E-state index contributed by atoms with van der Waals surface area (Å²) in [5.74, 6) is 2.22. The van der Waals surface area contributed by atoms with Crippen LogP contribution in [0.4, 0.5) is 4.39 Å². The molecule has 0 radical (unpaired) electrons. The Morgan fingerprint density at radius 3 is 1.81 bits per heavy atom. The summed E-state index contributed by atoms with van der Waals surface area (Å²) >= 11 is 0. The Labute approximate surface area is 217 Å². The molecule has 3 rings (SSSR count). The highest BCUT2D eigenvalue weighted by Crippen LogP contribution is 2.30. The van der Waals surface area contributed by atoms with Gasteiger partial charge in [0.05, 0.1) is 13.2 Å². The van der Waals surface area contributed by atoms with Crippen LogP contribution in [-0.2, 0) is 0 Å². The van der Waals surface area contributed by atoms with Gasteiger partial charge in [-0.2, -0.15) is 0 Å². The van der Waals surface area contributed by atoms with Crippen molar-refractivity contribution in [1.29, 1.82) is 0 Å². The number of unbranched alkanes of at least 4 members (excludes halogenated alkanes) is 5. The quantitative estimate of drug-likeness (QED) is 0.186. The van der Waals surface area contributed by atoms with Crippen molar-refractivity contribution in [2.75, 3.05) is 13.2 Å². The standard InChI is InChI=1S/C33H43FO2/c1-4-6-7-8-9-10-23-35-31-20-15-28(16-21-31)32-22-17-29(25-33(32)34)27-13-18-30(19-14-27)36-24-11-12-26(3)5-2/h13-22,25-26H,4-12,23-24H2,1-3H3. The molecular formula is C33H43FO2. The van der Waals surface area contributed by atoms with Crippen molar-refractivity contribution in [3.8, 4) is 33.8 Å². The molecule has 0 aliphatic heterocycles. The van der Waals surface area contributed by atoms with Crippen LogP contribution in [0.2, 0.25) is 0 Å². The van der Waals surface area contributed by atoms with E-state index < -0.39 is 0 Å². The summed E-state index contributed by atoms with van der Waals surface area (Å²) in [7, 11) is 0. The minimum absolute atomic E-state index is 0.224. The number of halogens is 1. The minimum Gasteiger partial charge on any atom is -0.494 e. The molecule has 3 heteroatoms. The zero-order chi connectivity index (χ0) is 25.6. The number of hydrogen-bond donors (Lipinski definition) is 0. The lowest BCUT2D eigenvalue weighted by molar-refractivity contribution is 0.294. The number of ether oxygens (including phenoxy) is 2. The maximum Gasteiger partial charge on any atom is 0.131 e. The number of benzene rings is 3. The highest BCUT2D eigenvalue weighted by molar-refractivity contribution is 5.71. The van der Waals surface area contributed by atoms with Crippen molar-refractivity contribution < 1.29 is 13.9 Å². The first-order valence-electron chi connectivity index (χ1n) is 13.9. The average molecular weight is 491 g/mol. The van der Waals surface area contributed by atoms with Crippen LogP contribution >= 0.6 is 0 Å². The third-order valence-electron chi connectivity index (χ3n) is 6.90. The van der Waals surface area contributed by atoms with Crippen molar-refractivity contribution >= 4 is 0 Å². The van der Waals surface area contributed by atoms with Crippen molar-refractivity contribution in [1.82, 2.24) is 0 Å². The second-order valence-corrected chi connectivity index (χ2v) is 9.86. The Hall–Kier alpha value is -2.81. The van der Waals surface area contributed by atoms with Gasteiger partial charge in [0.15, 0.2) is 0 Å². The van der Waals surface area contributed by atoms with Gasteiger partial charge < -0.3 is 9.47 Å². The molecule has 0 spiro atoms. The van der Waals surface area contributed by atoms with Crippen LogP contribution in [0.5, 0.6) is 11.5 Å². The fourth-order valence-corrected chi connectivity index (χ4v) is 4.30. The molecule has 0 saturated heterocycles. The number of rotatable bonds is 16. The predicted octanol–water partition coefficient (Wildman–Crippen LogP) is 10.1. The first kappa shape index (κ1) is 27.8. The molecule has 1 unspecified atom stereocenters. The van der Waals surface area contributed by atoms with Crippen molar-refractivity contribution in [3.05, 3.63) is 72.5 Å². The van der Waals surface area contributed by atoms with Gasteiger partial charge in [0, 0.05) is 5.56 Å². The van der Waals surface area contributed by atoms with Gasteiger partial charge in [0.25, 0.3) is 0 Å². The van der Waals surface area contributed by atoms with Crippen molar-refractivity contribution in [3.63, 3.8) is 0 Å². The van der Waals surface area contributed by atoms with Crippen LogP contribution in [0.3, 0.4) is 0 Å². The van der Waals surface area contributed by atoms with E-state index in [0.29, 0.717) is 5.56 Å². The van der Waals surface area contributed by atoms with Crippen LogP contribution in [0.25, 0.3) is 22.3 Å². The molecule has 0 amide bonds. The van der Waals surface area contributed by atoms with Gasteiger partial charge in [-0.15, -0.1) is 0 Å². The van der Waals surface area contributed by atoms with E-state index in [-0.39, 0.29) is 5.82 Å². The van der Waals surface area contributed by atoms with Gasteiger partial charge in [-0.1, -0.05) is 95.7 Å². The molecule has 0 aliphatic rings. The molecule has 0 fully saturated rings. The normalized spacial score (nSPS) is 11.9. The summed E-state index contributed by atoms with van der Waals surface area (Å²) < 4.78 is 26.8. The molecule has 0 N–H and O–H groups in total. The molecule has 36 heavy (non-hydrogen) atoms. The topological polar surface area (TPSA) is 18.5 Å². The zero-order valence-electron chi connectivity index (χ0n) is 22.4. The Balaban J connectivity index is 1.51.